The van der Waals surface area contributed by atoms with Crippen molar-refractivity contribution < 1.29 is 18.9 Å². The van der Waals surface area contributed by atoms with Crippen LogP contribution in [0.4, 0.5) is 5.69 Å². The van der Waals surface area contributed by atoms with Crippen molar-refractivity contribution in [3.63, 3.8) is 0 Å². The maximum Gasteiger partial charge on any atom is 0.280 e. The van der Waals surface area contributed by atoms with Crippen LogP contribution in [0.2, 0.25) is 0 Å². The number of benzene rings is 1. The first-order valence-corrected chi connectivity index (χ1v) is 10.4. The van der Waals surface area contributed by atoms with Crippen molar-refractivity contribution in [2.45, 2.75) is 19.8 Å². The molecule has 1 aromatic heterocycles. The number of fused-ring (bicyclic) bond motifs is 3. The number of hydrazone groups is 1. The van der Waals surface area contributed by atoms with Gasteiger partial charge in [-0.25, -0.2) is 0 Å². The molecule has 2 bridgehead atoms. The van der Waals surface area contributed by atoms with Gasteiger partial charge in [0.15, 0.2) is 0 Å². The summed E-state index contributed by atoms with van der Waals surface area (Å²) in [6.07, 6.45) is 7.73. The Labute approximate surface area is 177 Å². The van der Waals surface area contributed by atoms with Crippen LogP contribution >= 0.6 is 0 Å². The maximum absolute atomic E-state index is 13.0. The number of hydrogen-bond donors (Lipinski definition) is 0. The van der Waals surface area contributed by atoms with Crippen LogP contribution < -0.4 is 0 Å². The minimum absolute atomic E-state index is 0.0486. The first-order chi connectivity index (χ1) is 14.9. The SMILES string of the molecule is Cc1ccc(-c2ccc(C=NN3C(=O)[C@@H]4[C@@H](C3=O)[C@H]3C=C[C@H]4C34CC4)o2)c([N+](=O)[O-])c1. The van der Waals surface area contributed by atoms with Gasteiger partial charge in [-0.3, -0.25) is 19.7 Å². The monoisotopic (exact) mass is 417 g/mol. The molecule has 1 saturated heterocycles. The molecule has 1 spiro atoms. The van der Waals surface area contributed by atoms with Crippen LogP contribution in [0.1, 0.15) is 24.2 Å². The Morgan fingerprint density at radius 3 is 2.42 bits per heavy atom. The molecule has 4 aliphatic rings. The summed E-state index contributed by atoms with van der Waals surface area (Å²) in [5.74, 6) is -0.156. The number of nitro groups is 1. The lowest BCUT2D eigenvalue weighted by Crippen LogP contribution is -2.30. The first kappa shape index (κ1) is 18.2. The van der Waals surface area contributed by atoms with Gasteiger partial charge in [-0.2, -0.15) is 10.1 Å². The van der Waals surface area contributed by atoms with Crippen molar-refractivity contribution in [3.05, 3.63) is 63.9 Å². The lowest BCUT2D eigenvalue weighted by molar-refractivity contribution is -0.384. The number of nitro benzene ring substituents is 1. The minimum atomic E-state index is -0.450. The van der Waals surface area contributed by atoms with E-state index in [0.717, 1.165) is 23.4 Å². The summed E-state index contributed by atoms with van der Waals surface area (Å²) in [5.41, 5.74) is 1.23. The predicted octanol–water partition coefficient (Wildman–Crippen LogP) is 3.69. The van der Waals surface area contributed by atoms with Gasteiger partial charge in [0.05, 0.1) is 28.5 Å². The van der Waals surface area contributed by atoms with E-state index in [2.05, 4.69) is 17.3 Å². The molecule has 3 aliphatic carbocycles. The van der Waals surface area contributed by atoms with Gasteiger partial charge >= 0.3 is 0 Å². The van der Waals surface area contributed by atoms with Crippen molar-refractivity contribution in [2.75, 3.05) is 0 Å². The Balaban J connectivity index is 1.25. The van der Waals surface area contributed by atoms with E-state index in [-0.39, 0.29) is 46.6 Å². The second kappa shape index (κ2) is 6.00. The Morgan fingerprint density at radius 1 is 1.13 bits per heavy atom. The molecular weight excluding hydrogens is 398 g/mol. The molecular formula is C23H19N3O5. The molecule has 1 aliphatic heterocycles. The standard InChI is InChI=1S/C23H19N3O5/c1-12-2-4-14(17(10-12)26(29)30)18-7-3-13(31-18)11-24-25-21(27)19-15-5-6-16(20(19)22(25)28)23(15)8-9-23/h2-7,10-11,15-16,19-20H,8-9H2,1H3/t15-,16-,19+,20+/m1/s1. The number of carbonyl (C=O) groups is 2. The predicted molar refractivity (Wildman–Crippen MR) is 110 cm³/mol. The van der Waals surface area contributed by atoms with Crippen molar-refractivity contribution in [2.24, 2.45) is 34.2 Å². The summed E-state index contributed by atoms with van der Waals surface area (Å²) in [4.78, 5) is 36.8. The molecule has 4 atom stereocenters. The Kier molecular flexibility index (Phi) is 3.53. The number of nitrogens with zero attached hydrogens (tertiary/aromatic N) is 3. The van der Waals surface area contributed by atoms with E-state index < -0.39 is 4.92 Å². The van der Waals surface area contributed by atoms with Crippen LogP contribution in [-0.2, 0) is 9.59 Å². The molecule has 0 N–H and O–H groups in total. The van der Waals surface area contributed by atoms with Gasteiger partial charge in [-0.1, -0.05) is 18.2 Å². The van der Waals surface area contributed by atoms with Crippen LogP contribution in [0.5, 0.6) is 0 Å². The molecule has 1 aromatic carbocycles. The normalized spacial score (nSPS) is 29.5. The number of amides is 2. The van der Waals surface area contributed by atoms with Crippen LogP contribution in [0.15, 0.2) is 52.0 Å². The molecule has 8 nitrogen and oxygen atoms in total. The Bertz CT molecular complexity index is 1190. The van der Waals surface area contributed by atoms with E-state index in [9.17, 15) is 19.7 Å². The number of hydrogen-bond acceptors (Lipinski definition) is 6. The average Bonchev–Trinajstić information content (AvgIpc) is 3.03. The zero-order chi connectivity index (χ0) is 21.5. The van der Waals surface area contributed by atoms with E-state index in [1.807, 2.05) is 0 Å². The minimum Gasteiger partial charge on any atom is -0.455 e. The second-order valence-electron chi connectivity index (χ2n) is 8.93. The smallest absolute Gasteiger partial charge is 0.280 e. The van der Waals surface area contributed by atoms with Gasteiger partial charge in [-0.05, 0) is 60.8 Å². The average molecular weight is 417 g/mol. The Hall–Kier alpha value is -3.55. The van der Waals surface area contributed by atoms with Gasteiger partial charge in [0.2, 0.25) is 0 Å². The quantitative estimate of drug-likeness (QED) is 0.248. The largest absolute Gasteiger partial charge is 0.455 e. The fourth-order valence-electron chi connectivity index (χ4n) is 5.86. The van der Waals surface area contributed by atoms with Crippen LogP contribution in [0, 0.1) is 46.1 Å². The van der Waals surface area contributed by atoms with Crippen LogP contribution in [0.3, 0.4) is 0 Å². The maximum atomic E-state index is 13.0. The third kappa shape index (κ3) is 2.38. The highest BCUT2D eigenvalue weighted by Gasteiger charge is 2.73. The molecule has 2 aromatic rings. The summed E-state index contributed by atoms with van der Waals surface area (Å²) in [6.45, 7) is 1.78. The van der Waals surface area contributed by atoms with Crippen molar-refractivity contribution >= 4 is 23.7 Å². The molecule has 3 fully saturated rings. The lowest BCUT2D eigenvalue weighted by atomic mass is 9.85. The zero-order valence-electron chi connectivity index (χ0n) is 16.7. The van der Waals surface area contributed by atoms with Gasteiger partial charge in [-0.15, -0.1) is 0 Å². The van der Waals surface area contributed by atoms with Crippen molar-refractivity contribution in [1.29, 1.82) is 0 Å². The second-order valence-corrected chi connectivity index (χ2v) is 8.93. The fraction of sp³-hybridized carbons (Fsp3) is 0.348. The van der Waals surface area contributed by atoms with E-state index in [4.69, 9.17) is 4.42 Å². The molecule has 2 saturated carbocycles. The summed E-state index contributed by atoms with van der Waals surface area (Å²) >= 11 is 0. The molecule has 31 heavy (non-hydrogen) atoms. The van der Waals surface area contributed by atoms with E-state index >= 15 is 0 Å². The first-order valence-electron chi connectivity index (χ1n) is 10.4. The number of aryl methyl sites for hydroxylation is 1. The number of furan rings is 1. The fourth-order valence-corrected chi connectivity index (χ4v) is 5.86. The number of rotatable bonds is 4. The lowest BCUT2D eigenvalue weighted by Gasteiger charge is -2.18. The molecule has 0 radical (unpaired) electrons. The number of carbonyl (C=O) groups excluding carboxylic acids is 2. The van der Waals surface area contributed by atoms with E-state index in [1.54, 1.807) is 31.2 Å². The van der Waals surface area contributed by atoms with Crippen LogP contribution in [-0.4, -0.2) is 28.0 Å². The third-order valence-electron chi connectivity index (χ3n) is 7.37. The Morgan fingerprint density at radius 2 is 1.81 bits per heavy atom. The molecule has 8 heteroatoms. The van der Waals surface area contributed by atoms with E-state index in [1.165, 1.54) is 12.3 Å². The van der Waals surface area contributed by atoms with Gasteiger partial charge in [0, 0.05) is 6.07 Å². The summed E-state index contributed by atoms with van der Waals surface area (Å²) in [5, 5.41) is 16.5. The molecule has 0 unspecified atom stereocenters. The summed E-state index contributed by atoms with van der Waals surface area (Å²) < 4.78 is 5.71. The van der Waals surface area contributed by atoms with Crippen molar-refractivity contribution in [1.82, 2.24) is 5.01 Å². The molecule has 156 valence electrons. The molecule has 6 rings (SSSR count). The van der Waals surface area contributed by atoms with E-state index in [0.29, 0.717) is 17.1 Å². The highest BCUT2D eigenvalue weighted by atomic mass is 16.6. The zero-order valence-corrected chi connectivity index (χ0v) is 16.7. The number of imide groups is 1. The highest BCUT2D eigenvalue weighted by Crippen LogP contribution is 2.73. The van der Waals surface area contributed by atoms with Gasteiger partial charge in [0.1, 0.15) is 11.5 Å². The van der Waals surface area contributed by atoms with Crippen LogP contribution in [0.25, 0.3) is 11.3 Å². The third-order valence-corrected chi connectivity index (χ3v) is 7.37. The van der Waals surface area contributed by atoms with Gasteiger partial charge < -0.3 is 4.42 Å². The summed E-state index contributed by atoms with van der Waals surface area (Å²) in [6, 6.07) is 8.12. The molecule has 2 heterocycles. The topological polar surface area (TPSA) is 106 Å². The van der Waals surface area contributed by atoms with Gasteiger partial charge in [0.25, 0.3) is 17.5 Å². The summed E-state index contributed by atoms with van der Waals surface area (Å²) in [7, 11) is 0. The van der Waals surface area contributed by atoms with Crippen molar-refractivity contribution in [3.8, 4) is 11.3 Å². The highest BCUT2D eigenvalue weighted by molar-refractivity contribution is 6.07. The molecule has 2 amide bonds. The number of allylic oxidation sites excluding steroid dienone is 2.